The van der Waals surface area contributed by atoms with Crippen molar-refractivity contribution in [1.82, 2.24) is 5.48 Å². The van der Waals surface area contributed by atoms with Gasteiger partial charge in [0.05, 0.1) is 26.4 Å². The van der Waals surface area contributed by atoms with Crippen LogP contribution in [0.1, 0.15) is 23.2 Å². The Balaban J connectivity index is 1.91. The third-order valence-electron chi connectivity index (χ3n) is 3.90. The van der Waals surface area contributed by atoms with E-state index in [9.17, 15) is 18.7 Å². The highest BCUT2D eigenvalue weighted by Gasteiger charge is 2.32. The quantitative estimate of drug-likeness (QED) is 0.194. The molecule has 1 aliphatic carbocycles. The summed E-state index contributed by atoms with van der Waals surface area (Å²) in [5, 5.41) is 12.6. The van der Waals surface area contributed by atoms with Gasteiger partial charge in [0.25, 0.3) is 5.91 Å². The maximum atomic E-state index is 14.5. The van der Waals surface area contributed by atoms with Crippen molar-refractivity contribution in [1.29, 1.82) is 0 Å². The van der Waals surface area contributed by atoms with Gasteiger partial charge in [-0.1, -0.05) is 11.6 Å². The molecule has 0 saturated heterocycles. The molecule has 3 rings (SSSR count). The maximum absolute atomic E-state index is 14.5. The van der Waals surface area contributed by atoms with Crippen molar-refractivity contribution < 1.29 is 23.5 Å². The molecular formula is C17H13BrClF2IN2O3. The number of carbonyl (C=O) groups excluding carboxylic acids is 1. The number of halogens is 5. The molecule has 27 heavy (non-hydrogen) atoms. The molecule has 5 nitrogen and oxygen atoms in total. The molecule has 1 atom stereocenters. The minimum Gasteiger partial charge on any atom is -0.366 e. The van der Waals surface area contributed by atoms with E-state index in [1.54, 1.807) is 18.2 Å². The summed E-state index contributed by atoms with van der Waals surface area (Å²) in [4.78, 5) is 17.3. The molecule has 1 unspecified atom stereocenters. The fraction of sp³-hybridized carbons (Fsp3) is 0.235. The predicted octanol–water partition coefficient (Wildman–Crippen LogP) is 5.12. The number of aliphatic hydroxyl groups excluding tert-OH is 1. The molecule has 1 aliphatic rings. The summed E-state index contributed by atoms with van der Waals surface area (Å²) in [6, 6.07) is 6.05. The number of hydrogen-bond acceptors (Lipinski definition) is 4. The molecule has 144 valence electrons. The van der Waals surface area contributed by atoms with Gasteiger partial charge < -0.3 is 10.4 Å². The van der Waals surface area contributed by atoms with Crippen molar-refractivity contribution in [3.05, 3.63) is 54.5 Å². The van der Waals surface area contributed by atoms with Crippen LogP contribution < -0.4 is 10.8 Å². The second-order valence-corrected chi connectivity index (χ2v) is 8.44. The third kappa shape index (κ3) is 4.89. The van der Waals surface area contributed by atoms with Crippen molar-refractivity contribution >= 4 is 67.4 Å². The second kappa shape index (κ2) is 8.56. The number of benzene rings is 2. The summed E-state index contributed by atoms with van der Waals surface area (Å²) in [5.41, 5.74) is 1.74. The van der Waals surface area contributed by atoms with Gasteiger partial charge in [0.1, 0.15) is 0 Å². The molecule has 2 aromatic rings. The van der Waals surface area contributed by atoms with E-state index in [-0.39, 0.29) is 21.0 Å². The SMILES string of the molecule is O=C(NOC(O)C1CC1)c1cc(Br)c(F)c(F)c1Nc1ccc(I)cc1Cl. The minimum atomic E-state index is -1.26. The number of rotatable bonds is 6. The highest BCUT2D eigenvalue weighted by Crippen LogP contribution is 2.35. The largest absolute Gasteiger partial charge is 0.366 e. The first-order chi connectivity index (χ1) is 12.8. The van der Waals surface area contributed by atoms with Crippen LogP contribution in [0.4, 0.5) is 20.2 Å². The second-order valence-electron chi connectivity index (χ2n) is 5.94. The normalized spacial score (nSPS) is 14.7. The van der Waals surface area contributed by atoms with Gasteiger partial charge in [-0.05, 0) is 75.6 Å². The molecule has 0 heterocycles. The Bertz CT molecular complexity index is 899. The Morgan fingerprint density at radius 3 is 2.67 bits per heavy atom. The van der Waals surface area contributed by atoms with Crippen LogP contribution in [0.2, 0.25) is 5.02 Å². The van der Waals surface area contributed by atoms with Gasteiger partial charge in [-0.25, -0.2) is 19.1 Å². The lowest BCUT2D eigenvalue weighted by atomic mass is 10.1. The molecule has 1 fully saturated rings. The Morgan fingerprint density at radius 1 is 1.33 bits per heavy atom. The first-order valence-electron chi connectivity index (χ1n) is 7.81. The number of amides is 1. The van der Waals surface area contributed by atoms with E-state index >= 15 is 0 Å². The van der Waals surface area contributed by atoms with Crippen molar-refractivity contribution in [3.8, 4) is 0 Å². The lowest BCUT2D eigenvalue weighted by Crippen LogP contribution is -2.31. The van der Waals surface area contributed by atoms with Crippen molar-refractivity contribution in [3.63, 3.8) is 0 Å². The molecule has 0 aliphatic heterocycles. The van der Waals surface area contributed by atoms with Gasteiger partial charge in [-0.2, -0.15) is 0 Å². The zero-order valence-corrected chi connectivity index (χ0v) is 18.0. The molecule has 1 saturated carbocycles. The number of anilines is 2. The first kappa shape index (κ1) is 20.7. The zero-order valence-electron chi connectivity index (χ0n) is 13.5. The summed E-state index contributed by atoms with van der Waals surface area (Å²) in [5.74, 6) is -3.30. The lowest BCUT2D eigenvalue weighted by Gasteiger charge is -2.16. The summed E-state index contributed by atoms with van der Waals surface area (Å²) in [6.07, 6.45) is 0.447. The van der Waals surface area contributed by atoms with Gasteiger partial charge in [-0.3, -0.25) is 4.79 Å². The molecule has 2 aromatic carbocycles. The Morgan fingerprint density at radius 2 is 2.04 bits per heavy atom. The Hall–Kier alpha value is -1.01. The highest BCUT2D eigenvalue weighted by molar-refractivity contribution is 14.1. The monoisotopic (exact) mass is 572 g/mol. The third-order valence-corrected chi connectivity index (χ3v) is 5.46. The van der Waals surface area contributed by atoms with Crippen LogP contribution in [0.3, 0.4) is 0 Å². The van der Waals surface area contributed by atoms with Crippen LogP contribution in [0.25, 0.3) is 0 Å². The minimum absolute atomic E-state index is 0.0369. The predicted molar refractivity (Wildman–Crippen MR) is 109 cm³/mol. The van der Waals surface area contributed by atoms with E-state index in [1.807, 2.05) is 0 Å². The summed E-state index contributed by atoms with van der Waals surface area (Å²) in [6.45, 7) is 0. The average molecular weight is 574 g/mol. The van der Waals surface area contributed by atoms with Crippen LogP contribution >= 0.6 is 50.1 Å². The zero-order chi connectivity index (χ0) is 19.7. The van der Waals surface area contributed by atoms with E-state index < -0.39 is 29.5 Å². The number of nitrogens with one attached hydrogen (secondary N) is 2. The van der Waals surface area contributed by atoms with Gasteiger partial charge >= 0.3 is 0 Å². The molecule has 0 bridgehead atoms. The fourth-order valence-electron chi connectivity index (χ4n) is 2.27. The number of aliphatic hydroxyl groups is 1. The average Bonchev–Trinajstić information content (AvgIpc) is 3.46. The van der Waals surface area contributed by atoms with Gasteiger partial charge in [0, 0.05) is 9.49 Å². The number of carbonyl (C=O) groups is 1. The molecule has 3 N–H and O–H groups in total. The van der Waals surface area contributed by atoms with Crippen LogP contribution in [0.5, 0.6) is 0 Å². The Kier molecular flexibility index (Phi) is 6.57. The molecule has 1 amide bonds. The first-order valence-corrected chi connectivity index (χ1v) is 10.1. The van der Waals surface area contributed by atoms with Gasteiger partial charge in [0.15, 0.2) is 17.9 Å². The van der Waals surface area contributed by atoms with Crippen LogP contribution in [0, 0.1) is 21.1 Å². The fourth-order valence-corrected chi connectivity index (χ4v) is 3.57. The van der Waals surface area contributed by atoms with Crippen LogP contribution in [-0.4, -0.2) is 17.3 Å². The van der Waals surface area contributed by atoms with E-state index in [2.05, 4.69) is 49.3 Å². The van der Waals surface area contributed by atoms with Crippen molar-refractivity contribution in [2.45, 2.75) is 19.1 Å². The maximum Gasteiger partial charge on any atom is 0.277 e. The van der Waals surface area contributed by atoms with Crippen molar-refractivity contribution in [2.24, 2.45) is 5.92 Å². The smallest absolute Gasteiger partial charge is 0.277 e. The van der Waals surface area contributed by atoms with E-state index in [4.69, 9.17) is 16.4 Å². The Labute approximate surface area is 180 Å². The lowest BCUT2D eigenvalue weighted by molar-refractivity contribution is -0.145. The standard InChI is InChI=1S/C17H13BrClF2IN2O3/c18-10-6-9(16(25)24-27-17(26)7-1-2-7)15(14(21)13(10)20)23-12-4-3-8(22)5-11(12)19/h3-7,17,23,26H,1-2H2,(H,24,25). The van der Waals surface area contributed by atoms with E-state index in [1.165, 1.54) is 0 Å². The molecule has 10 heteroatoms. The molecular weight excluding hydrogens is 560 g/mol. The molecule has 0 radical (unpaired) electrons. The number of hydrogen-bond donors (Lipinski definition) is 3. The van der Waals surface area contributed by atoms with E-state index in [0.29, 0.717) is 5.69 Å². The summed E-state index contributed by atoms with van der Waals surface area (Å²) in [7, 11) is 0. The van der Waals surface area contributed by atoms with Crippen molar-refractivity contribution in [2.75, 3.05) is 5.32 Å². The molecule has 0 aromatic heterocycles. The topological polar surface area (TPSA) is 70.6 Å². The van der Waals surface area contributed by atoms with Crippen LogP contribution in [-0.2, 0) is 4.84 Å². The highest BCUT2D eigenvalue weighted by atomic mass is 127. The molecule has 0 spiro atoms. The van der Waals surface area contributed by atoms with Crippen LogP contribution in [0.15, 0.2) is 28.7 Å². The summed E-state index contributed by atoms with van der Waals surface area (Å²) < 4.78 is 29.2. The van der Waals surface area contributed by atoms with Gasteiger partial charge in [0.2, 0.25) is 0 Å². The van der Waals surface area contributed by atoms with Gasteiger partial charge in [-0.15, -0.1) is 0 Å². The summed E-state index contributed by atoms with van der Waals surface area (Å²) >= 11 is 11.1. The number of hydroxylamine groups is 1. The van der Waals surface area contributed by atoms with E-state index in [0.717, 1.165) is 22.5 Å².